The third-order valence-corrected chi connectivity index (χ3v) is 5.27. The minimum atomic E-state index is -3.01. The van der Waals surface area contributed by atoms with Crippen LogP contribution in [-0.2, 0) is 10.0 Å². The second-order valence-corrected chi connectivity index (χ2v) is 9.43. The second kappa shape index (κ2) is 7.23. The van der Waals surface area contributed by atoms with Crippen LogP contribution < -0.4 is 5.32 Å². The van der Waals surface area contributed by atoms with Gasteiger partial charge in [0, 0.05) is 18.6 Å². The van der Waals surface area contributed by atoms with Gasteiger partial charge >= 0.3 is 0 Å². The van der Waals surface area contributed by atoms with Gasteiger partial charge in [-0.05, 0) is 64.8 Å². The van der Waals surface area contributed by atoms with E-state index in [9.17, 15) is 8.42 Å². The predicted molar refractivity (Wildman–Crippen MR) is 85.3 cm³/mol. The highest BCUT2D eigenvalue weighted by molar-refractivity contribution is 7.88. The Balaban J connectivity index is 2.31. The zero-order valence-corrected chi connectivity index (χ0v) is 14.6. The Kier molecular flexibility index (Phi) is 6.48. The summed E-state index contributed by atoms with van der Waals surface area (Å²) in [6.07, 6.45) is 5.81. The van der Waals surface area contributed by atoms with Crippen LogP contribution in [-0.4, -0.2) is 44.2 Å². The van der Waals surface area contributed by atoms with E-state index in [2.05, 4.69) is 33.0 Å². The van der Waals surface area contributed by atoms with E-state index in [1.54, 1.807) is 4.31 Å². The monoisotopic (exact) mass is 304 g/mol. The standard InChI is InChI=1S/C15H32N2O2S/c1-13(11-16-15(2,3)4)8-9-14-7-6-10-17(12-14)20(5,18)19/h13-14,16H,6-12H2,1-5H3. The zero-order valence-electron chi connectivity index (χ0n) is 13.8. The van der Waals surface area contributed by atoms with Crippen molar-refractivity contribution >= 4 is 10.0 Å². The number of hydrogen-bond donors (Lipinski definition) is 1. The van der Waals surface area contributed by atoms with Crippen LogP contribution >= 0.6 is 0 Å². The second-order valence-electron chi connectivity index (χ2n) is 7.44. The first-order valence-corrected chi connectivity index (χ1v) is 9.63. The van der Waals surface area contributed by atoms with E-state index >= 15 is 0 Å². The van der Waals surface area contributed by atoms with Gasteiger partial charge in [-0.15, -0.1) is 0 Å². The number of sulfonamides is 1. The maximum absolute atomic E-state index is 11.6. The van der Waals surface area contributed by atoms with Crippen molar-refractivity contribution < 1.29 is 8.42 Å². The molecule has 0 aromatic rings. The lowest BCUT2D eigenvalue weighted by atomic mass is 9.91. The van der Waals surface area contributed by atoms with Crippen LogP contribution in [0.4, 0.5) is 0 Å². The molecule has 5 heteroatoms. The number of piperidine rings is 1. The molecule has 0 aromatic heterocycles. The van der Waals surface area contributed by atoms with Crippen molar-refractivity contribution in [3.63, 3.8) is 0 Å². The molecule has 1 heterocycles. The van der Waals surface area contributed by atoms with E-state index in [-0.39, 0.29) is 5.54 Å². The molecule has 1 aliphatic rings. The molecule has 0 bridgehead atoms. The summed E-state index contributed by atoms with van der Waals surface area (Å²) in [5, 5.41) is 3.54. The van der Waals surface area contributed by atoms with E-state index in [1.165, 1.54) is 19.1 Å². The SMILES string of the molecule is CC(CCC1CCCN(S(C)(=O)=O)C1)CNC(C)(C)C. The van der Waals surface area contributed by atoms with Crippen LogP contribution in [0, 0.1) is 11.8 Å². The Bertz CT molecular complexity index is 387. The molecule has 20 heavy (non-hydrogen) atoms. The summed E-state index contributed by atoms with van der Waals surface area (Å²) in [7, 11) is -3.01. The highest BCUT2D eigenvalue weighted by atomic mass is 32.2. The molecule has 2 unspecified atom stereocenters. The van der Waals surface area contributed by atoms with Crippen molar-refractivity contribution in [3.8, 4) is 0 Å². The fourth-order valence-corrected chi connectivity index (χ4v) is 3.61. The lowest BCUT2D eigenvalue weighted by molar-refractivity contribution is 0.242. The summed E-state index contributed by atoms with van der Waals surface area (Å²) in [4.78, 5) is 0. The molecular formula is C15H32N2O2S. The van der Waals surface area contributed by atoms with E-state index in [0.717, 1.165) is 25.9 Å². The van der Waals surface area contributed by atoms with Crippen molar-refractivity contribution in [2.75, 3.05) is 25.9 Å². The Morgan fingerprint density at radius 3 is 2.55 bits per heavy atom. The Labute approximate surface area is 125 Å². The normalized spacial score (nSPS) is 23.8. The van der Waals surface area contributed by atoms with E-state index in [1.807, 2.05) is 0 Å². The van der Waals surface area contributed by atoms with Gasteiger partial charge in [0.05, 0.1) is 6.26 Å². The molecule has 0 saturated carbocycles. The largest absolute Gasteiger partial charge is 0.312 e. The van der Waals surface area contributed by atoms with Crippen molar-refractivity contribution in [2.45, 2.75) is 58.9 Å². The van der Waals surface area contributed by atoms with E-state index < -0.39 is 10.0 Å². The Morgan fingerprint density at radius 2 is 2.00 bits per heavy atom. The van der Waals surface area contributed by atoms with E-state index in [0.29, 0.717) is 18.4 Å². The molecule has 120 valence electrons. The molecule has 0 spiro atoms. The first-order chi connectivity index (χ1) is 9.08. The lowest BCUT2D eigenvalue weighted by Crippen LogP contribution is -2.40. The summed E-state index contributed by atoms with van der Waals surface area (Å²) in [5.74, 6) is 1.18. The summed E-state index contributed by atoms with van der Waals surface area (Å²) >= 11 is 0. The minimum Gasteiger partial charge on any atom is -0.312 e. The van der Waals surface area contributed by atoms with Crippen molar-refractivity contribution in [1.82, 2.24) is 9.62 Å². The third kappa shape index (κ3) is 7.04. The molecule has 1 fully saturated rings. The van der Waals surface area contributed by atoms with Crippen LogP contribution in [0.25, 0.3) is 0 Å². The third-order valence-electron chi connectivity index (χ3n) is 4.00. The molecule has 4 nitrogen and oxygen atoms in total. The molecule has 1 rings (SSSR count). The first kappa shape index (κ1) is 17.9. The molecule has 1 saturated heterocycles. The van der Waals surface area contributed by atoms with Gasteiger partial charge in [-0.25, -0.2) is 12.7 Å². The summed E-state index contributed by atoms with van der Waals surface area (Å²) in [6.45, 7) is 11.3. The zero-order chi connectivity index (χ0) is 15.4. The smallest absolute Gasteiger partial charge is 0.211 e. The van der Waals surface area contributed by atoms with Gasteiger partial charge < -0.3 is 5.32 Å². The van der Waals surface area contributed by atoms with Gasteiger partial charge in [0.25, 0.3) is 0 Å². The van der Waals surface area contributed by atoms with Crippen LogP contribution in [0.5, 0.6) is 0 Å². The van der Waals surface area contributed by atoms with E-state index in [4.69, 9.17) is 0 Å². The minimum absolute atomic E-state index is 0.173. The number of hydrogen-bond acceptors (Lipinski definition) is 3. The molecule has 0 amide bonds. The Morgan fingerprint density at radius 1 is 1.35 bits per heavy atom. The van der Waals surface area contributed by atoms with Gasteiger partial charge in [0.1, 0.15) is 0 Å². The van der Waals surface area contributed by atoms with Gasteiger partial charge in [-0.3, -0.25) is 0 Å². The van der Waals surface area contributed by atoms with Crippen LogP contribution in [0.2, 0.25) is 0 Å². The summed E-state index contributed by atoms with van der Waals surface area (Å²) < 4.78 is 24.8. The molecular weight excluding hydrogens is 272 g/mol. The van der Waals surface area contributed by atoms with Crippen molar-refractivity contribution in [1.29, 1.82) is 0 Å². The molecule has 1 aliphatic heterocycles. The average Bonchev–Trinajstić information content (AvgIpc) is 2.32. The number of rotatable bonds is 6. The van der Waals surface area contributed by atoms with Crippen LogP contribution in [0.1, 0.15) is 53.4 Å². The highest BCUT2D eigenvalue weighted by Gasteiger charge is 2.25. The number of nitrogens with one attached hydrogen (secondary N) is 1. The molecule has 0 aliphatic carbocycles. The molecule has 0 aromatic carbocycles. The van der Waals surface area contributed by atoms with Crippen LogP contribution in [0.15, 0.2) is 0 Å². The van der Waals surface area contributed by atoms with Crippen molar-refractivity contribution in [2.24, 2.45) is 11.8 Å². The van der Waals surface area contributed by atoms with Gasteiger partial charge in [0.15, 0.2) is 0 Å². The molecule has 2 atom stereocenters. The predicted octanol–water partition coefficient (Wildman–Crippen LogP) is 2.46. The fourth-order valence-electron chi connectivity index (χ4n) is 2.67. The van der Waals surface area contributed by atoms with Gasteiger partial charge in [-0.2, -0.15) is 0 Å². The van der Waals surface area contributed by atoms with Crippen molar-refractivity contribution in [3.05, 3.63) is 0 Å². The maximum Gasteiger partial charge on any atom is 0.211 e. The summed E-state index contributed by atoms with van der Waals surface area (Å²) in [6, 6.07) is 0. The lowest BCUT2D eigenvalue weighted by Gasteiger charge is -2.31. The first-order valence-electron chi connectivity index (χ1n) is 7.78. The fraction of sp³-hybridized carbons (Fsp3) is 1.00. The average molecular weight is 305 g/mol. The Hall–Kier alpha value is -0.130. The highest BCUT2D eigenvalue weighted by Crippen LogP contribution is 2.24. The summed E-state index contributed by atoms with van der Waals surface area (Å²) in [5.41, 5.74) is 0.173. The molecule has 0 radical (unpaired) electrons. The molecule has 1 N–H and O–H groups in total. The topological polar surface area (TPSA) is 49.4 Å². The quantitative estimate of drug-likeness (QED) is 0.820. The number of nitrogens with zero attached hydrogens (tertiary/aromatic N) is 1. The van der Waals surface area contributed by atoms with Gasteiger partial charge in [0.2, 0.25) is 10.0 Å². The van der Waals surface area contributed by atoms with Crippen LogP contribution in [0.3, 0.4) is 0 Å². The maximum atomic E-state index is 11.6. The van der Waals surface area contributed by atoms with Gasteiger partial charge in [-0.1, -0.05) is 6.92 Å².